The van der Waals surface area contributed by atoms with Gasteiger partial charge in [0.2, 0.25) is 0 Å². The van der Waals surface area contributed by atoms with Gasteiger partial charge in [0.1, 0.15) is 0 Å². The van der Waals surface area contributed by atoms with Crippen molar-refractivity contribution in [3.8, 4) is 0 Å². The molecule has 0 heterocycles. The van der Waals surface area contributed by atoms with Gasteiger partial charge in [-0.15, -0.1) is 0 Å². The second-order valence-corrected chi connectivity index (χ2v) is 6.93. The SMILES string of the molecule is CC(C)(C)CC(C)(C)NC[C@H](O)c1ccccc1. The summed E-state index contributed by atoms with van der Waals surface area (Å²) in [6, 6.07) is 9.80. The van der Waals surface area contributed by atoms with Crippen LogP contribution in [0, 0.1) is 5.41 Å². The number of nitrogens with one attached hydrogen (secondary N) is 1. The summed E-state index contributed by atoms with van der Waals surface area (Å²) in [6.45, 7) is 11.7. The summed E-state index contributed by atoms with van der Waals surface area (Å²) in [4.78, 5) is 0. The standard InChI is InChI=1S/C16H27NO/c1-15(2,3)12-16(4,5)17-11-14(18)13-9-7-6-8-10-13/h6-10,14,17-18H,11-12H2,1-5H3/t14-/m0/s1. The van der Waals surface area contributed by atoms with Gasteiger partial charge in [0.25, 0.3) is 0 Å². The first-order chi connectivity index (χ1) is 8.20. The maximum absolute atomic E-state index is 10.1. The first-order valence-electron chi connectivity index (χ1n) is 6.68. The fourth-order valence-electron chi connectivity index (χ4n) is 2.55. The first-order valence-corrected chi connectivity index (χ1v) is 6.68. The van der Waals surface area contributed by atoms with Gasteiger partial charge in [-0.1, -0.05) is 51.1 Å². The molecule has 2 N–H and O–H groups in total. The average molecular weight is 249 g/mol. The van der Waals surface area contributed by atoms with Crippen molar-refractivity contribution in [2.75, 3.05) is 6.54 Å². The predicted molar refractivity (Wildman–Crippen MR) is 77.6 cm³/mol. The molecule has 0 amide bonds. The van der Waals surface area contributed by atoms with Gasteiger partial charge in [0.15, 0.2) is 0 Å². The summed E-state index contributed by atoms with van der Waals surface area (Å²) in [5, 5.41) is 13.6. The predicted octanol–water partition coefficient (Wildman–Crippen LogP) is 3.52. The minimum Gasteiger partial charge on any atom is -0.387 e. The summed E-state index contributed by atoms with van der Waals surface area (Å²) < 4.78 is 0. The Morgan fingerprint density at radius 2 is 1.61 bits per heavy atom. The third-order valence-corrected chi connectivity index (χ3v) is 2.93. The zero-order chi connectivity index (χ0) is 13.8. The number of benzene rings is 1. The zero-order valence-electron chi connectivity index (χ0n) is 12.3. The van der Waals surface area contributed by atoms with Crippen LogP contribution in [0.3, 0.4) is 0 Å². The van der Waals surface area contributed by atoms with Gasteiger partial charge >= 0.3 is 0 Å². The summed E-state index contributed by atoms with van der Waals surface area (Å²) >= 11 is 0. The molecular weight excluding hydrogens is 222 g/mol. The largest absolute Gasteiger partial charge is 0.387 e. The molecule has 0 unspecified atom stereocenters. The van der Waals surface area contributed by atoms with Gasteiger partial charge in [-0.3, -0.25) is 0 Å². The molecular formula is C16H27NO. The van der Waals surface area contributed by atoms with E-state index in [1.165, 1.54) is 0 Å². The van der Waals surface area contributed by atoms with Gasteiger partial charge < -0.3 is 10.4 Å². The van der Waals surface area contributed by atoms with Crippen molar-refractivity contribution in [3.63, 3.8) is 0 Å². The molecule has 102 valence electrons. The van der Waals surface area contributed by atoms with Crippen molar-refractivity contribution < 1.29 is 5.11 Å². The Bertz CT molecular complexity index is 351. The molecule has 1 aromatic rings. The number of β-amino-alcohol motifs (C(OH)–C–C–N with tert-alkyl or cyclic N) is 1. The van der Waals surface area contributed by atoms with Crippen molar-refractivity contribution in [2.24, 2.45) is 5.41 Å². The second kappa shape index (κ2) is 5.85. The molecule has 1 rings (SSSR count). The molecule has 0 radical (unpaired) electrons. The van der Waals surface area contributed by atoms with Crippen molar-refractivity contribution in [1.82, 2.24) is 5.32 Å². The van der Waals surface area contributed by atoms with Crippen LogP contribution in [0.1, 0.15) is 52.7 Å². The smallest absolute Gasteiger partial charge is 0.0914 e. The maximum Gasteiger partial charge on any atom is 0.0914 e. The number of hydrogen-bond donors (Lipinski definition) is 2. The van der Waals surface area contributed by atoms with Crippen LogP contribution in [0.15, 0.2) is 30.3 Å². The van der Waals surface area contributed by atoms with E-state index in [-0.39, 0.29) is 11.0 Å². The van der Waals surface area contributed by atoms with Gasteiger partial charge in [0.05, 0.1) is 6.10 Å². The molecule has 0 aliphatic heterocycles. The summed E-state index contributed by atoms with van der Waals surface area (Å²) in [6.07, 6.45) is 0.632. The minimum atomic E-state index is -0.439. The van der Waals surface area contributed by atoms with E-state index in [4.69, 9.17) is 0 Å². The molecule has 0 saturated heterocycles. The van der Waals surface area contributed by atoms with Crippen LogP contribution in [0.5, 0.6) is 0 Å². The molecule has 18 heavy (non-hydrogen) atoms. The van der Waals surface area contributed by atoms with Crippen LogP contribution >= 0.6 is 0 Å². The Hall–Kier alpha value is -0.860. The van der Waals surface area contributed by atoms with Gasteiger partial charge in [-0.2, -0.15) is 0 Å². The Labute approximate surface area is 111 Å². The highest BCUT2D eigenvalue weighted by molar-refractivity contribution is 5.17. The highest BCUT2D eigenvalue weighted by atomic mass is 16.3. The molecule has 0 aromatic heterocycles. The van der Waals surface area contributed by atoms with Gasteiger partial charge in [-0.05, 0) is 31.2 Å². The normalized spacial score (nSPS) is 14.6. The average Bonchev–Trinajstić information content (AvgIpc) is 2.24. The third-order valence-electron chi connectivity index (χ3n) is 2.93. The molecule has 1 atom stereocenters. The molecule has 2 nitrogen and oxygen atoms in total. The lowest BCUT2D eigenvalue weighted by Crippen LogP contribution is -2.44. The minimum absolute atomic E-state index is 0.0357. The molecule has 0 bridgehead atoms. The lowest BCUT2D eigenvalue weighted by molar-refractivity contribution is 0.148. The van der Waals surface area contributed by atoms with Crippen molar-refractivity contribution in [3.05, 3.63) is 35.9 Å². The highest BCUT2D eigenvalue weighted by Gasteiger charge is 2.25. The van der Waals surface area contributed by atoms with Crippen LogP contribution in [-0.4, -0.2) is 17.2 Å². The van der Waals surface area contributed by atoms with E-state index in [9.17, 15) is 5.11 Å². The second-order valence-electron chi connectivity index (χ2n) is 6.93. The molecule has 2 heteroatoms. The van der Waals surface area contributed by atoms with E-state index < -0.39 is 6.10 Å². The van der Waals surface area contributed by atoms with Crippen LogP contribution in [-0.2, 0) is 0 Å². The van der Waals surface area contributed by atoms with Crippen LogP contribution in [0.25, 0.3) is 0 Å². The molecule has 0 fully saturated rings. The lowest BCUT2D eigenvalue weighted by atomic mass is 9.81. The van der Waals surface area contributed by atoms with Crippen molar-refractivity contribution >= 4 is 0 Å². The monoisotopic (exact) mass is 249 g/mol. The topological polar surface area (TPSA) is 32.3 Å². The zero-order valence-corrected chi connectivity index (χ0v) is 12.3. The van der Waals surface area contributed by atoms with E-state index in [1.54, 1.807) is 0 Å². The quantitative estimate of drug-likeness (QED) is 0.837. The maximum atomic E-state index is 10.1. The molecule has 0 saturated carbocycles. The van der Waals surface area contributed by atoms with Crippen LogP contribution in [0.2, 0.25) is 0 Å². The Balaban J connectivity index is 2.50. The van der Waals surface area contributed by atoms with Crippen molar-refractivity contribution in [1.29, 1.82) is 0 Å². The Morgan fingerprint density at radius 1 is 1.06 bits per heavy atom. The fraction of sp³-hybridized carbons (Fsp3) is 0.625. The lowest BCUT2D eigenvalue weighted by Gasteiger charge is -2.34. The summed E-state index contributed by atoms with van der Waals surface area (Å²) in [7, 11) is 0. The molecule has 0 aliphatic rings. The molecule has 0 aliphatic carbocycles. The molecule has 1 aromatic carbocycles. The number of rotatable bonds is 5. The first kappa shape index (κ1) is 15.2. The Kier molecular flexibility index (Phi) is 4.94. The number of aliphatic hydroxyl groups is 1. The molecule has 0 spiro atoms. The number of aliphatic hydroxyl groups excluding tert-OH is 1. The van der Waals surface area contributed by atoms with E-state index in [1.807, 2.05) is 30.3 Å². The number of hydrogen-bond acceptors (Lipinski definition) is 2. The van der Waals surface area contributed by atoms with Crippen LogP contribution < -0.4 is 5.32 Å². The van der Waals surface area contributed by atoms with Crippen LogP contribution in [0.4, 0.5) is 0 Å². The summed E-state index contributed by atoms with van der Waals surface area (Å²) in [5.74, 6) is 0. The third kappa shape index (κ3) is 5.65. The van der Waals surface area contributed by atoms with E-state index in [0.29, 0.717) is 6.54 Å². The Morgan fingerprint density at radius 3 is 2.11 bits per heavy atom. The fourth-order valence-corrected chi connectivity index (χ4v) is 2.55. The van der Waals surface area contributed by atoms with Gasteiger partial charge in [-0.25, -0.2) is 0 Å². The highest BCUT2D eigenvalue weighted by Crippen LogP contribution is 2.27. The summed E-state index contributed by atoms with van der Waals surface area (Å²) in [5.41, 5.74) is 1.29. The van der Waals surface area contributed by atoms with Gasteiger partial charge in [0, 0.05) is 12.1 Å². The van der Waals surface area contributed by atoms with E-state index >= 15 is 0 Å². The van der Waals surface area contributed by atoms with E-state index in [2.05, 4.69) is 39.9 Å². The van der Waals surface area contributed by atoms with Crippen molar-refractivity contribution in [2.45, 2.75) is 52.7 Å². The van der Waals surface area contributed by atoms with E-state index in [0.717, 1.165) is 12.0 Å².